The van der Waals surface area contributed by atoms with E-state index in [1.165, 1.54) is 0 Å². The van der Waals surface area contributed by atoms with Crippen molar-refractivity contribution in [1.29, 1.82) is 0 Å². The molecular formula is C14H16N4O4. The van der Waals surface area contributed by atoms with Gasteiger partial charge in [-0.1, -0.05) is 12.1 Å². The van der Waals surface area contributed by atoms with Crippen LogP contribution in [0.15, 0.2) is 16.9 Å². The van der Waals surface area contributed by atoms with Gasteiger partial charge in [-0.2, -0.15) is 0 Å². The van der Waals surface area contributed by atoms with Gasteiger partial charge in [0.05, 0.1) is 24.1 Å². The molecule has 0 aromatic carbocycles. The van der Waals surface area contributed by atoms with Gasteiger partial charge in [-0.15, -0.1) is 0 Å². The summed E-state index contributed by atoms with van der Waals surface area (Å²) in [5.74, 6) is -0.977. The minimum Gasteiger partial charge on any atom is -0.476 e. The SMILES string of the molecule is CCC(NC(=O)c1cnc(C(=O)O)cn1)c1c(C)noc1C. The predicted octanol–water partition coefficient (Wildman–Crippen LogP) is 1.66. The van der Waals surface area contributed by atoms with Crippen LogP contribution in [0.3, 0.4) is 0 Å². The molecule has 0 saturated heterocycles. The minimum absolute atomic E-state index is 0.0511. The molecule has 1 atom stereocenters. The van der Waals surface area contributed by atoms with E-state index in [2.05, 4.69) is 20.4 Å². The number of carbonyl (C=O) groups is 2. The van der Waals surface area contributed by atoms with Gasteiger partial charge < -0.3 is 14.9 Å². The number of rotatable bonds is 5. The van der Waals surface area contributed by atoms with Gasteiger partial charge >= 0.3 is 5.97 Å². The average Bonchev–Trinajstić information content (AvgIpc) is 2.84. The lowest BCUT2D eigenvalue weighted by atomic mass is 10.0. The van der Waals surface area contributed by atoms with Crippen LogP contribution in [0.5, 0.6) is 0 Å². The molecule has 0 aliphatic heterocycles. The maximum Gasteiger partial charge on any atom is 0.356 e. The van der Waals surface area contributed by atoms with Crippen molar-refractivity contribution < 1.29 is 19.2 Å². The van der Waals surface area contributed by atoms with E-state index in [0.717, 1.165) is 23.7 Å². The Hall–Kier alpha value is -2.77. The third kappa shape index (κ3) is 3.11. The number of carbonyl (C=O) groups excluding carboxylic acids is 1. The molecule has 0 saturated carbocycles. The maximum atomic E-state index is 12.2. The molecule has 0 aliphatic rings. The van der Waals surface area contributed by atoms with Crippen molar-refractivity contribution in [2.24, 2.45) is 0 Å². The second kappa shape index (κ2) is 6.33. The maximum absolute atomic E-state index is 12.2. The Kier molecular flexibility index (Phi) is 4.50. The molecular weight excluding hydrogens is 288 g/mol. The van der Waals surface area contributed by atoms with Gasteiger partial charge in [-0.3, -0.25) is 4.79 Å². The van der Waals surface area contributed by atoms with E-state index in [-0.39, 0.29) is 17.4 Å². The number of aromatic carboxylic acids is 1. The van der Waals surface area contributed by atoms with Crippen LogP contribution in [-0.2, 0) is 0 Å². The molecule has 8 heteroatoms. The van der Waals surface area contributed by atoms with Crippen molar-refractivity contribution in [2.45, 2.75) is 33.2 Å². The fourth-order valence-corrected chi connectivity index (χ4v) is 2.15. The summed E-state index contributed by atoms with van der Waals surface area (Å²) >= 11 is 0. The Morgan fingerprint density at radius 2 is 1.91 bits per heavy atom. The van der Waals surface area contributed by atoms with Crippen LogP contribution in [0, 0.1) is 13.8 Å². The van der Waals surface area contributed by atoms with Crippen LogP contribution >= 0.6 is 0 Å². The molecule has 0 bridgehead atoms. The predicted molar refractivity (Wildman–Crippen MR) is 75.5 cm³/mol. The van der Waals surface area contributed by atoms with Crippen LogP contribution in [-0.4, -0.2) is 32.1 Å². The monoisotopic (exact) mass is 304 g/mol. The first-order valence-corrected chi connectivity index (χ1v) is 6.73. The van der Waals surface area contributed by atoms with E-state index in [1.807, 2.05) is 13.8 Å². The number of amides is 1. The normalized spacial score (nSPS) is 12.0. The number of carboxylic acids is 1. The van der Waals surface area contributed by atoms with Crippen molar-refractivity contribution in [3.63, 3.8) is 0 Å². The van der Waals surface area contributed by atoms with Gasteiger partial charge in [-0.25, -0.2) is 14.8 Å². The Morgan fingerprint density at radius 1 is 1.27 bits per heavy atom. The smallest absolute Gasteiger partial charge is 0.356 e. The third-order valence-electron chi connectivity index (χ3n) is 3.25. The molecule has 22 heavy (non-hydrogen) atoms. The van der Waals surface area contributed by atoms with Crippen LogP contribution in [0.1, 0.15) is 57.4 Å². The standard InChI is InChI=1S/C14H16N4O4/c1-4-9(12-7(2)18-22-8(12)3)17-13(19)10-5-16-11(6-15-10)14(20)21/h5-6,9H,4H2,1-3H3,(H,17,19)(H,20,21). The van der Waals surface area contributed by atoms with E-state index in [9.17, 15) is 9.59 Å². The highest BCUT2D eigenvalue weighted by molar-refractivity contribution is 5.93. The molecule has 1 unspecified atom stereocenters. The minimum atomic E-state index is -1.19. The van der Waals surface area contributed by atoms with Gasteiger partial charge in [0.15, 0.2) is 5.69 Å². The Morgan fingerprint density at radius 3 is 2.36 bits per heavy atom. The lowest BCUT2D eigenvalue weighted by molar-refractivity contribution is 0.0689. The van der Waals surface area contributed by atoms with E-state index in [1.54, 1.807) is 6.92 Å². The van der Waals surface area contributed by atoms with Crippen LogP contribution in [0.25, 0.3) is 0 Å². The van der Waals surface area contributed by atoms with Gasteiger partial charge in [0.1, 0.15) is 11.5 Å². The first kappa shape index (κ1) is 15.6. The number of nitrogens with zero attached hydrogens (tertiary/aromatic N) is 3. The van der Waals surface area contributed by atoms with Crippen molar-refractivity contribution in [2.75, 3.05) is 0 Å². The second-order valence-corrected chi connectivity index (χ2v) is 4.76. The van der Waals surface area contributed by atoms with Crippen LogP contribution in [0.4, 0.5) is 0 Å². The van der Waals surface area contributed by atoms with Crippen molar-refractivity contribution in [1.82, 2.24) is 20.4 Å². The molecule has 2 N–H and O–H groups in total. The largest absolute Gasteiger partial charge is 0.476 e. The lowest BCUT2D eigenvalue weighted by Crippen LogP contribution is -2.29. The summed E-state index contributed by atoms with van der Waals surface area (Å²) in [6, 6.07) is -0.264. The average molecular weight is 304 g/mol. The summed E-state index contributed by atoms with van der Waals surface area (Å²) in [7, 11) is 0. The highest BCUT2D eigenvalue weighted by Gasteiger charge is 2.22. The van der Waals surface area contributed by atoms with Gasteiger partial charge in [0, 0.05) is 5.56 Å². The summed E-state index contributed by atoms with van der Waals surface area (Å²) in [5, 5.41) is 15.5. The first-order chi connectivity index (χ1) is 10.4. The molecule has 0 radical (unpaired) electrons. The first-order valence-electron chi connectivity index (χ1n) is 6.73. The van der Waals surface area contributed by atoms with E-state index >= 15 is 0 Å². The van der Waals surface area contributed by atoms with Gasteiger partial charge in [-0.05, 0) is 20.3 Å². The van der Waals surface area contributed by atoms with Crippen LogP contribution in [0.2, 0.25) is 0 Å². The molecule has 116 valence electrons. The zero-order valence-electron chi connectivity index (χ0n) is 12.5. The number of carboxylic acid groups (broad SMARTS) is 1. The summed E-state index contributed by atoms with van der Waals surface area (Å²) in [4.78, 5) is 30.4. The van der Waals surface area contributed by atoms with Gasteiger partial charge in [0.2, 0.25) is 0 Å². The van der Waals surface area contributed by atoms with Crippen molar-refractivity contribution >= 4 is 11.9 Å². The molecule has 2 heterocycles. The molecule has 0 spiro atoms. The van der Waals surface area contributed by atoms with E-state index < -0.39 is 11.9 Å². The second-order valence-electron chi connectivity index (χ2n) is 4.76. The fourth-order valence-electron chi connectivity index (χ4n) is 2.15. The highest BCUT2D eigenvalue weighted by Crippen LogP contribution is 2.24. The Balaban J connectivity index is 2.17. The van der Waals surface area contributed by atoms with Crippen molar-refractivity contribution in [3.05, 3.63) is 40.8 Å². The summed E-state index contributed by atoms with van der Waals surface area (Å²) in [6.45, 7) is 5.52. The molecule has 8 nitrogen and oxygen atoms in total. The lowest BCUT2D eigenvalue weighted by Gasteiger charge is -2.16. The molecule has 0 fully saturated rings. The molecule has 2 aromatic rings. The zero-order valence-corrected chi connectivity index (χ0v) is 12.5. The molecule has 2 rings (SSSR count). The highest BCUT2D eigenvalue weighted by atomic mass is 16.5. The van der Waals surface area contributed by atoms with Gasteiger partial charge in [0.25, 0.3) is 5.91 Å². The Labute approximate surface area is 126 Å². The number of aromatic nitrogens is 3. The fraction of sp³-hybridized carbons (Fsp3) is 0.357. The number of nitrogens with one attached hydrogen (secondary N) is 1. The molecule has 1 amide bonds. The summed E-state index contributed by atoms with van der Waals surface area (Å²) in [5.41, 5.74) is 1.40. The number of aryl methyl sites for hydroxylation is 2. The van der Waals surface area contributed by atoms with E-state index in [0.29, 0.717) is 12.2 Å². The number of hydrogen-bond donors (Lipinski definition) is 2. The molecule has 2 aromatic heterocycles. The summed E-state index contributed by atoms with van der Waals surface area (Å²) in [6.07, 6.45) is 2.84. The summed E-state index contributed by atoms with van der Waals surface area (Å²) < 4.78 is 5.11. The van der Waals surface area contributed by atoms with Crippen molar-refractivity contribution in [3.8, 4) is 0 Å². The topological polar surface area (TPSA) is 118 Å². The Bertz CT molecular complexity index is 674. The van der Waals surface area contributed by atoms with E-state index in [4.69, 9.17) is 9.63 Å². The van der Waals surface area contributed by atoms with Crippen LogP contribution < -0.4 is 5.32 Å². The quantitative estimate of drug-likeness (QED) is 0.862. The number of hydrogen-bond acceptors (Lipinski definition) is 6. The molecule has 0 aliphatic carbocycles. The zero-order chi connectivity index (χ0) is 16.3. The third-order valence-corrected chi connectivity index (χ3v) is 3.25.